The number of hydrogen-bond donors (Lipinski definition) is 2. The van der Waals surface area contributed by atoms with Gasteiger partial charge in [-0.05, 0) is 19.8 Å². The summed E-state index contributed by atoms with van der Waals surface area (Å²) in [6.45, 7) is 4.59. The van der Waals surface area contributed by atoms with Crippen LogP contribution in [0.5, 0.6) is 0 Å². The number of nitrogens with one attached hydrogen (secondary N) is 2. The zero-order valence-corrected chi connectivity index (χ0v) is 13.6. The standard InChI is InChI=1S/C13H21N5.HI/c1-2-15-13(17-12-5-3-4-6-12)16-8-10-18-9-7-14-11-18;/h3-4,7,9,11-12H,2,5-6,8,10H2,1H3,(H2,15,16,17);1H. The topological polar surface area (TPSA) is 54.2 Å². The second-order valence-electron chi connectivity index (χ2n) is 4.35. The van der Waals surface area contributed by atoms with Crippen LogP contribution in [0.2, 0.25) is 0 Å². The van der Waals surface area contributed by atoms with Gasteiger partial charge < -0.3 is 15.2 Å². The van der Waals surface area contributed by atoms with Crippen molar-refractivity contribution < 1.29 is 0 Å². The molecule has 19 heavy (non-hydrogen) atoms. The van der Waals surface area contributed by atoms with E-state index in [9.17, 15) is 0 Å². The van der Waals surface area contributed by atoms with Crippen molar-refractivity contribution in [3.63, 3.8) is 0 Å². The summed E-state index contributed by atoms with van der Waals surface area (Å²) < 4.78 is 2.03. The molecule has 0 saturated heterocycles. The maximum atomic E-state index is 4.57. The second kappa shape index (κ2) is 8.95. The molecule has 1 aromatic heterocycles. The molecule has 0 spiro atoms. The molecule has 0 bridgehead atoms. The van der Waals surface area contributed by atoms with Crippen LogP contribution in [0.3, 0.4) is 0 Å². The highest BCUT2D eigenvalue weighted by Crippen LogP contribution is 2.08. The maximum Gasteiger partial charge on any atom is 0.191 e. The summed E-state index contributed by atoms with van der Waals surface area (Å²) in [5.41, 5.74) is 0. The molecule has 1 aliphatic rings. The van der Waals surface area contributed by atoms with Crippen LogP contribution in [0.4, 0.5) is 0 Å². The third-order valence-electron chi connectivity index (χ3n) is 2.88. The number of hydrogen-bond acceptors (Lipinski definition) is 2. The van der Waals surface area contributed by atoms with Crippen molar-refractivity contribution in [3.05, 3.63) is 30.9 Å². The fraction of sp³-hybridized carbons (Fsp3) is 0.538. The molecule has 1 heterocycles. The number of aliphatic imine (C=N–C) groups is 1. The van der Waals surface area contributed by atoms with Crippen molar-refractivity contribution in [1.29, 1.82) is 0 Å². The molecule has 5 nitrogen and oxygen atoms in total. The predicted molar refractivity (Wildman–Crippen MR) is 88.9 cm³/mol. The molecule has 2 N–H and O–H groups in total. The van der Waals surface area contributed by atoms with Crippen LogP contribution in [0.1, 0.15) is 19.8 Å². The van der Waals surface area contributed by atoms with Crippen LogP contribution >= 0.6 is 24.0 Å². The lowest BCUT2D eigenvalue weighted by Crippen LogP contribution is -2.42. The average molecular weight is 375 g/mol. The van der Waals surface area contributed by atoms with Gasteiger partial charge in [0.05, 0.1) is 12.9 Å². The SMILES string of the molecule is CCNC(=NCCn1ccnc1)NC1CC=CC1.I. The van der Waals surface area contributed by atoms with Crippen molar-refractivity contribution in [2.75, 3.05) is 13.1 Å². The van der Waals surface area contributed by atoms with Gasteiger partial charge in [-0.25, -0.2) is 4.98 Å². The Hall–Kier alpha value is -1.05. The molecule has 0 aromatic carbocycles. The number of nitrogens with zero attached hydrogens (tertiary/aromatic N) is 3. The fourth-order valence-corrected chi connectivity index (χ4v) is 1.94. The van der Waals surface area contributed by atoms with Gasteiger partial charge in [0.1, 0.15) is 0 Å². The predicted octanol–water partition coefficient (Wildman–Crippen LogP) is 1.77. The second-order valence-corrected chi connectivity index (χ2v) is 4.35. The molecule has 2 rings (SSSR count). The Labute approximate surface area is 131 Å². The van der Waals surface area contributed by atoms with Crippen molar-refractivity contribution in [2.45, 2.75) is 32.4 Å². The molecule has 0 unspecified atom stereocenters. The first-order chi connectivity index (χ1) is 8.88. The zero-order chi connectivity index (χ0) is 12.6. The quantitative estimate of drug-likeness (QED) is 0.357. The van der Waals surface area contributed by atoms with E-state index in [-0.39, 0.29) is 24.0 Å². The molecule has 1 aromatic rings. The maximum absolute atomic E-state index is 4.57. The number of imidazole rings is 1. The van der Waals surface area contributed by atoms with Crippen LogP contribution in [0.15, 0.2) is 35.9 Å². The lowest BCUT2D eigenvalue weighted by molar-refractivity contribution is 0.628. The van der Waals surface area contributed by atoms with Gasteiger partial charge in [-0.15, -0.1) is 24.0 Å². The molecule has 1 aliphatic carbocycles. The highest BCUT2D eigenvalue weighted by molar-refractivity contribution is 14.0. The lowest BCUT2D eigenvalue weighted by atomic mass is 10.2. The van der Waals surface area contributed by atoms with Crippen LogP contribution in [-0.4, -0.2) is 34.6 Å². The molecule has 6 heteroatoms. The summed E-state index contributed by atoms with van der Waals surface area (Å²) in [4.78, 5) is 8.58. The first-order valence-electron chi connectivity index (χ1n) is 6.54. The first kappa shape index (κ1) is 16.0. The zero-order valence-electron chi connectivity index (χ0n) is 11.2. The van der Waals surface area contributed by atoms with E-state index in [1.807, 2.05) is 17.1 Å². The van der Waals surface area contributed by atoms with Gasteiger partial charge in [-0.3, -0.25) is 4.99 Å². The Kier molecular flexibility index (Phi) is 7.54. The Morgan fingerprint density at radius 1 is 1.42 bits per heavy atom. The average Bonchev–Trinajstić information content (AvgIpc) is 3.02. The molecule has 106 valence electrons. The van der Waals surface area contributed by atoms with Gasteiger partial charge in [0.2, 0.25) is 0 Å². The van der Waals surface area contributed by atoms with E-state index in [4.69, 9.17) is 0 Å². The third-order valence-corrected chi connectivity index (χ3v) is 2.88. The molecule has 0 saturated carbocycles. The van der Waals surface area contributed by atoms with E-state index in [1.54, 1.807) is 6.20 Å². The van der Waals surface area contributed by atoms with E-state index < -0.39 is 0 Å². The van der Waals surface area contributed by atoms with Gasteiger partial charge in [-0.2, -0.15) is 0 Å². The van der Waals surface area contributed by atoms with Gasteiger partial charge in [0.15, 0.2) is 5.96 Å². The summed E-state index contributed by atoms with van der Waals surface area (Å²) >= 11 is 0. The van der Waals surface area contributed by atoms with E-state index in [2.05, 4.69) is 39.7 Å². The van der Waals surface area contributed by atoms with Crippen LogP contribution in [0, 0.1) is 0 Å². The Balaban J connectivity index is 0.00000180. The summed E-state index contributed by atoms with van der Waals surface area (Å²) in [5.74, 6) is 0.909. The van der Waals surface area contributed by atoms with Gasteiger partial charge in [-0.1, -0.05) is 12.2 Å². The van der Waals surface area contributed by atoms with E-state index in [0.29, 0.717) is 6.04 Å². The summed E-state index contributed by atoms with van der Waals surface area (Å²) in [6, 6.07) is 0.496. The van der Waals surface area contributed by atoms with Crippen molar-refractivity contribution in [1.82, 2.24) is 20.2 Å². The molecular formula is C13H22IN5. The highest BCUT2D eigenvalue weighted by Gasteiger charge is 2.11. The van der Waals surface area contributed by atoms with Gasteiger partial charge in [0, 0.05) is 31.5 Å². The highest BCUT2D eigenvalue weighted by atomic mass is 127. The van der Waals surface area contributed by atoms with E-state index in [0.717, 1.165) is 38.4 Å². The van der Waals surface area contributed by atoms with Gasteiger partial charge >= 0.3 is 0 Å². The fourth-order valence-electron chi connectivity index (χ4n) is 1.94. The first-order valence-corrected chi connectivity index (χ1v) is 6.54. The Morgan fingerprint density at radius 2 is 2.21 bits per heavy atom. The monoisotopic (exact) mass is 375 g/mol. The van der Waals surface area contributed by atoms with Crippen LogP contribution < -0.4 is 10.6 Å². The Morgan fingerprint density at radius 3 is 2.84 bits per heavy atom. The summed E-state index contributed by atoms with van der Waals surface area (Å²) in [5, 5.41) is 6.72. The number of rotatable bonds is 5. The van der Waals surface area contributed by atoms with Crippen molar-refractivity contribution in [2.24, 2.45) is 4.99 Å². The van der Waals surface area contributed by atoms with E-state index in [1.165, 1.54) is 0 Å². The van der Waals surface area contributed by atoms with Gasteiger partial charge in [0.25, 0.3) is 0 Å². The molecule has 0 aliphatic heterocycles. The number of halogens is 1. The summed E-state index contributed by atoms with van der Waals surface area (Å²) in [7, 11) is 0. The van der Waals surface area contributed by atoms with Crippen molar-refractivity contribution >= 4 is 29.9 Å². The number of guanidine groups is 1. The summed E-state index contributed by atoms with van der Waals surface area (Å²) in [6.07, 6.45) is 12.2. The normalized spacial score (nSPS) is 15.3. The molecular weight excluding hydrogens is 353 g/mol. The third kappa shape index (κ3) is 5.63. The minimum atomic E-state index is 0. The number of aromatic nitrogens is 2. The molecule has 0 fully saturated rings. The minimum absolute atomic E-state index is 0. The van der Waals surface area contributed by atoms with Crippen LogP contribution in [-0.2, 0) is 6.54 Å². The lowest BCUT2D eigenvalue weighted by Gasteiger charge is -2.16. The van der Waals surface area contributed by atoms with Crippen molar-refractivity contribution in [3.8, 4) is 0 Å². The van der Waals surface area contributed by atoms with E-state index >= 15 is 0 Å². The molecule has 0 atom stereocenters. The molecule has 0 radical (unpaired) electrons. The molecule has 0 amide bonds. The largest absolute Gasteiger partial charge is 0.357 e. The smallest absolute Gasteiger partial charge is 0.191 e. The van der Waals surface area contributed by atoms with Crippen LogP contribution in [0.25, 0.3) is 0 Å². The Bertz CT molecular complexity index is 391. The minimum Gasteiger partial charge on any atom is -0.357 e.